The number of aromatic nitrogens is 8. The fourth-order valence-electron chi connectivity index (χ4n) is 7.04. The zero-order chi connectivity index (χ0) is 31.3. The molecule has 2 aromatic carbocycles. The lowest BCUT2D eigenvalue weighted by molar-refractivity contribution is 0.421. The summed E-state index contributed by atoms with van der Waals surface area (Å²) in [6, 6.07) is 16.5. The van der Waals surface area contributed by atoms with Crippen LogP contribution in [0.25, 0.3) is 34.5 Å². The van der Waals surface area contributed by atoms with Gasteiger partial charge in [-0.3, -0.25) is 19.1 Å². The Morgan fingerprint density at radius 3 is 1.50 bits per heavy atom. The summed E-state index contributed by atoms with van der Waals surface area (Å²) in [6.45, 7) is 3.24. The van der Waals surface area contributed by atoms with Crippen LogP contribution in [-0.4, -0.2) is 77.2 Å². The smallest absolute Gasteiger partial charge is 0.280 e. The summed E-state index contributed by atoms with van der Waals surface area (Å²) in [5.74, 6) is 7.47. The van der Waals surface area contributed by atoms with Crippen LogP contribution in [0.2, 0.25) is 0 Å². The summed E-state index contributed by atoms with van der Waals surface area (Å²) in [6.07, 6.45) is 8.26. The zero-order valence-electron chi connectivity index (χ0n) is 25.8. The number of fused-ring (bicyclic) bond motifs is 12. The van der Waals surface area contributed by atoms with Gasteiger partial charge >= 0.3 is 0 Å². The molecule has 236 valence electrons. The molecule has 8 heterocycles. The molecule has 14 nitrogen and oxygen atoms in total. The molecule has 0 saturated heterocycles. The van der Waals surface area contributed by atoms with Gasteiger partial charge in [0.2, 0.25) is 0 Å². The molecular weight excluding hydrogens is 608 g/mol. The molecule has 6 aromatic rings. The first kappa shape index (κ1) is 26.2. The lowest BCUT2D eigenvalue weighted by Gasteiger charge is -2.29. The number of para-hydroxylation sites is 2. The highest BCUT2D eigenvalue weighted by Gasteiger charge is 2.38. The number of benzene rings is 2. The second kappa shape index (κ2) is 9.80. The van der Waals surface area contributed by atoms with Crippen LogP contribution >= 0.6 is 0 Å². The Kier molecular flexibility index (Phi) is 5.34. The molecule has 0 bridgehead atoms. The van der Waals surface area contributed by atoms with Crippen molar-refractivity contribution in [1.82, 2.24) is 39.4 Å². The molecule has 4 aliphatic heterocycles. The monoisotopic (exact) mass is 636 g/mol. The number of aliphatic imine (C=N–C) groups is 2. The van der Waals surface area contributed by atoms with Crippen molar-refractivity contribution in [3.8, 4) is 34.5 Å². The van der Waals surface area contributed by atoms with Crippen molar-refractivity contribution < 1.29 is 9.05 Å². The minimum absolute atomic E-state index is 0.463. The Balaban J connectivity index is 0.000000117. The fraction of sp³-hybridized carbons (Fsp3) is 0.294. The van der Waals surface area contributed by atoms with Crippen molar-refractivity contribution in [3.05, 3.63) is 84.0 Å². The van der Waals surface area contributed by atoms with E-state index in [0.29, 0.717) is 23.6 Å². The van der Waals surface area contributed by atoms with E-state index in [-0.39, 0.29) is 0 Å². The Morgan fingerprint density at radius 1 is 0.583 bits per heavy atom. The summed E-state index contributed by atoms with van der Waals surface area (Å²) in [7, 11) is 0. The molecule has 0 unspecified atom stereocenters. The Labute approximate surface area is 273 Å². The van der Waals surface area contributed by atoms with Gasteiger partial charge in [-0.1, -0.05) is 34.6 Å². The van der Waals surface area contributed by atoms with Gasteiger partial charge < -0.3 is 18.8 Å². The predicted octanol–water partition coefficient (Wildman–Crippen LogP) is 4.76. The molecule has 0 N–H and O–H groups in total. The first-order valence-electron chi connectivity index (χ1n) is 16.5. The highest BCUT2D eigenvalue weighted by molar-refractivity contribution is 6.16. The largest absolute Gasteiger partial charge is 0.332 e. The normalized spacial score (nSPS) is 18.2. The molecule has 14 heteroatoms. The topological polar surface area (TPSA) is 145 Å². The molecule has 2 saturated carbocycles. The van der Waals surface area contributed by atoms with Gasteiger partial charge in [0.1, 0.15) is 24.3 Å². The van der Waals surface area contributed by atoms with Crippen molar-refractivity contribution in [2.24, 2.45) is 9.98 Å². The molecular formula is C34H28N12O2. The van der Waals surface area contributed by atoms with Gasteiger partial charge in [0.15, 0.2) is 34.7 Å². The zero-order valence-corrected chi connectivity index (χ0v) is 25.8. The van der Waals surface area contributed by atoms with Crippen LogP contribution in [-0.2, 0) is 0 Å². The predicted molar refractivity (Wildman–Crippen MR) is 175 cm³/mol. The Bertz CT molecular complexity index is 2150. The van der Waals surface area contributed by atoms with E-state index in [4.69, 9.17) is 19.0 Å². The number of nitrogens with zero attached hydrogens (tertiary/aromatic N) is 12. The molecule has 0 spiro atoms. The molecule has 2 aliphatic carbocycles. The van der Waals surface area contributed by atoms with Gasteiger partial charge in [0.05, 0.1) is 24.5 Å². The van der Waals surface area contributed by atoms with Gasteiger partial charge in [-0.15, -0.1) is 0 Å². The van der Waals surface area contributed by atoms with Crippen molar-refractivity contribution >= 4 is 23.3 Å². The van der Waals surface area contributed by atoms with E-state index in [1.807, 2.05) is 36.9 Å². The van der Waals surface area contributed by atoms with E-state index in [1.165, 1.54) is 0 Å². The van der Waals surface area contributed by atoms with Crippen LogP contribution in [0.5, 0.6) is 0 Å². The van der Waals surface area contributed by atoms with Crippen molar-refractivity contribution in [1.29, 1.82) is 0 Å². The minimum atomic E-state index is 0.463. The first-order chi connectivity index (χ1) is 23.8. The lowest BCUT2D eigenvalue weighted by atomic mass is 10.1. The van der Waals surface area contributed by atoms with Crippen LogP contribution in [0, 0.1) is 0 Å². The molecule has 6 aliphatic rings. The van der Waals surface area contributed by atoms with Gasteiger partial charge in [-0.2, -0.15) is 9.97 Å². The molecule has 12 rings (SSSR count). The summed E-state index contributed by atoms with van der Waals surface area (Å²) in [5, 5.41) is 8.26. The quantitative estimate of drug-likeness (QED) is 0.266. The lowest BCUT2D eigenvalue weighted by Crippen LogP contribution is -2.34. The summed E-state index contributed by atoms with van der Waals surface area (Å²) in [5.41, 5.74) is 5.92. The summed E-state index contributed by atoms with van der Waals surface area (Å²) >= 11 is 0. The van der Waals surface area contributed by atoms with Gasteiger partial charge in [0.25, 0.3) is 11.8 Å². The second-order valence-electron chi connectivity index (χ2n) is 12.8. The van der Waals surface area contributed by atoms with Crippen molar-refractivity contribution in [2.75, 3.05) is 36.0 Å². The second-order valence-corrected chi connectivity index (χ2v) is 12.8. The number of anilines is 2. The molecule has 0 atom stereocenters. The first-order valence-corrected chi connectivity index (χ1v) is 16.5. The fourth-order valence-corrected chi connectivity index (χ4v) is 7.04. The van der Waals surface area contributed by atoms with Gasteiger partial charge in [-0.05, 0) is 49.9 Å². The molecule has 4 aromatic heterocycles. The van der Waals surface area contributed by atoms with Crippen molar-refractivity contribution in [3.63, 3.8) is 0 Å². The van der Waals surface area contributed by atoms with E-state index in [1.54, 1.807) is 0 Å². The highest BCUT2D eigenvalue weighted by atomic mass is 16.5. The van der Waals surface area contributed by atoms with Crippen LogP contribution in [0.1, 0.15) is 60.3 Å². The molecule has 48 heavy (non-hydrogen) atoms. The van der Waals surface area contributed by atoms with Crippen molar-refractivity contribution in [2.45, 2.75) is 37.5 Å². The van der Waals surface area contributed by atoms with Crippen LogP contribution in [0.3, 0.4) is 0 Å². The van der Waals surface area contributed by atoms with Crippen LogP contribution < -0.4 is 9.80 Å². The number of hydrogen-bond acceptors (Lipinski definition) is 12. The number of rotatable bonds is 4. The summed E-state index contributed by atoms with van der Waals surface area (Å²) < 4.78 is 15.2. The summed E-state index contributed by atoms with van der Waals surface area (Å²) in [4.78, 5) is 32.1. The average molecular weight is 637 g/mol. The molecule has 0 amide bonds. The Morgan fingerprint density at radius 2 is 1.04 bits per heavy atom. The number of amidine groups is 2. The van der Waals surface area contributed by atoms with Crippen LogP contribution in [0.15, 0.2) is 80.2 Å². The van der Waals surface area contributed by atoms with Gasteiger partial charge in [0, 0.05) is 36.1 Å². The number of hydrogen-bond donors (Lipinski definition) is 0. The van der Waals surface area contributed by atoms with E-state index >= 15 is 0 Å². The van der Waals surface area contributed by atoms with E-state index in [9.17, 15) is 0 Å². The average Bonchev–Trinajstić information content (AvgIpc) is 3.65. The third-order valence-corrected chi connectivity index (χ3v) is 9.66. The number of imidazole rings is 2. The van der Waals surface area contributed by atoms with Gasteiger partial charge in [-0.25, -0.2) is 9.97 Å². The third-order valence-electron chi connectivity index (χ3n) is 9.66. The Hall–Kier alpha value is -5.92. The maximum atomic E-state index is 5.51. The maximum absolute atomic E-state index is 5.51. The van der Waals surface area contributed by atoms with E-state index in [2.05, 4.69) is 73.4 Å². The minimum Gasteiger partial charge on any atom is -0.332 e. The van der Waals surface area contributed by atoms with Crippen LogP contribution in [0.4, 0.5) is 11.6 Å². The highest BCUT2D eigenvalue weighted by Crippen LogP contribution is 2.43. The third kappa shape index (κ3) is 3.85. The molecule has 0 radical (unpaired) electrons. The SMILES string of the molecule is c1ccc2c(c1)C1=NCCN1c1c(-c3nc(C4CC4)no3)ncn1-2.c1ccc2c(c1)C1=NCCN1c1c(-c3nc(C4CC4)no3)ncn1-2. The molecule has 2 fully saturated rings. The van der Waals surface area contributed by atoms with E-state index < -0.39 is 0 Å². The standard InChI is InChI=1S/2C17H14N6O/c2*1-2-4-12-11(3-1)15-18-7-8-22(15)17-13(19-9-23(12)17)16-20-14(21-24-16)10-5-6-10/h2*1-4,9-10H,5-8H2. The maximum Gasteiger partial charge on any atom is 0.280 e. The van der Waals surface area contributed by atoms with E-state index in [0.717, 1.165) is 121 Å².